The molecule has 0 N–H and O–H groups in total. The van der Waals surface area contributed by atoms with Crippen LogP contribution in [-0.4, -0.2) is 0 Å². The molecule has 0 atom stereocenters. The van der Waals surface area contributed by atoms with Crippen LogP contribution in [0.2, 0.25) is 0 Å². The molecule has 41 heavy (non-hydrogen) atoms. The van der Waals surface area contributed by atoms with E-state index < -0.39 is 0 Å². The van der Waals surface area contributed by atoms with Gasteiger partial charge >= 0.3 is 51.2 Å². The molecular formula is C18Fe3N18V2-6. The molecule has 0 fully saturated rings. The third-order valence-corrected chi connectivity index (χ3v) is 0. The summed E-state index contributed by atoms with van der Waals surface area (Å²) >= 11 is 0. The van der Waals surface area contributed by atoms with Gasteiger partial charge in [-0.05, 0) is 0 Å². The molecule has 0 aliphatic rings. The van der Waals surface area contributed by atoms with Crippen LogP contribution in [-0.2, 0) is 88.3 Å². The predicted molar refractivity (Wildman–Crippen MR) is 89.4 cm³/mol. The first kappa shape index (κ1) is 292. The van der Waals surface area contributed by atoms with Crippen LogP contribution in [0.5, 0.6) is 0 Å². The minimum absolute atomic E-state index is 0. The normalized spacial score (nSPS) is 0.878. The Morgan fingerprint density at radius 3 is 0.122 bits per heavy atom. The molecular weight excluding hydrogens is 738 g/mol. The maximum atomic E-state index is 6.25. The van der Waals surface area contributed by atoms with E-state index in [0.717, 1.165) is 0 Å². The average Bonchev–Trinajstić information content (AvgIpc) is 3.13. The van der Waals surface area contributed by atoms with Crippen molar-refractivity contribution in [1.82, 2.24) is 0 Å². The topological polar surface area (TPSA) is 428 Å². The van der Waals surface area contributed by atoms with Gasteiger partial charge in [0.2, 0.25) is 0 Å². The fourth-order valence-corrected chi connectivity index (χ4v) is 0. The van der Waals surface area contributed by atoms with Gasteiger partial charge in [-0.2, -0.15) is 0 Å². The summed E-state index contributed by atoms with van der Waals surface area (Å²) in [7, 11) is 0. The maximum Gasteiger partial charge on any atom is 4.00 e. The Balaban J connectivity index is -0.00000000396. The summed E-state index contributed by atoms with van der Waals surface area (Å²) in [4.78, 5) is 0. The standard InChI is InChI=1S/18CN.3Fe.2V/c18*1-2;;;;;/q18*-1;3*+4;;. The zero-order chi connectivity index (χ0) is 36.0. The van der Waals surface area contributed by atoms with Crippen LogP contribution in [0.4, 0.5) is 0 Å². The van der Waals surface area contributed by atoms with Crippen LogP contribution in [0.1, 0.15) is 0 Å². The van der Waals surface area contributed by atoms with Crippen molar-refractivity contribution in [3.63, 3.8) is 0 Å². The van der Waals surface area contributed by atoms with E-state index >= 15 is 0 Å². The van der Waals surface area contributed by atoms with E-state index in [1.54, 1.807) is 0 Å². The van der Waals surface area contributed by atoms with Crippen LogP contribution in [0, 0.1) is 213 Å². The van der Waals surface area contributed by atoms with Crippen LogP contribution in [0.15, 0.2) is 0 Å². The Bertz CT molecular complexity index is 374. The Hall–Kier alpha value is -6.45. The molecule has 0 spiro atoms. The van der Waals surface area contributed by atoms with Crippen molar-refractivity contribution < 1.29 is 88.3 Å². The number of hydrogen-bond donors (Lipinski definition) is 0. The molecule has 0 aliphatic heterocycles. The fourth-order valence-electron chi connectivity index (χ4n) is 0. The van der Waals surface area contributed by atoms with Crippen LogP contribution in [0.3, 0.4) is 0 Å². The van der Waals surface area contributed by atoms with Gasteiger partial charge < -0.3 is 213 Å². The molecule has 18 nitrogen and oxygen atoms in total. The molecule has 0 aromatic rings. The van der Waals surface area contributed by atoms with Crippen LogP contribution < -0.4 is 0 Å². The maximum absolute atomic E-state index is 6.25. The Labute approximate surface area is 299 Å². The van der Waals surface area contributed by atoms with Crippen molar-refractivity contribution in [2.24, 2.45) is 0 Å². The molecule has 0 saturated carbocycles. The Kier molecular flexibility index (Phi) is 6070. The summed E-state index contributed by atoms with van der Waals surface area (Å²) in [6.07, 6.45) is 0. The first-order valence-corrected chi connectivity index (χ1v) is 4.02. The predicted octanol–water partition coefficient (Wildman–Crippen LogP) is 1.72. The van der Waals surface area contributed by atoms with Crippen LogP contribution in [0.25, 0.3) is 0 Å². The largest absolute Gasteiger partial charge is 4.00 e. The first-order valence-electron chi connectivity index (χ1n) is 4.02. The molecule has 0 rings (SSSR count). The van der Waals surface area contributed by atoms with E-state index in [9.17, 15) is 0 Å². The van der Waals surface area contributed by atoms with Crippen molar-refractivity contribution >= 4 is 0 Å². The molecule has 0 bridgehead atoms. The van der Waals surface area contributed by atoms with Crippen molar-refractivity contribution in [1.29, 1.82) is 94.7 Å². The average molecular weight is 738 g/mol. The minimum Gasteiger partial charge on any atom is -0.512 e. The third-order valence-electron chi connectivity index (χ3n) is 0. The molecule has 23 heteroatoms. The second-order valence-corrected chi connectivity index (χ2v) is 0. The summed E-state index contributed by atoms with van der Waals surface area (Å²) in [5.74, 6) is 0. The summed E-state index contributed by atoms with van der Waals surface area (Å²) in [5.41, 5.74) is 0. The molecule has 0 aromatic carbocycles. The number of rotatable bonds is 0. The summed E-state index contributed by atoms with van der Waals surface area (Å²) in [6.45, 7) is 85.5. The van der Waals surface area contributed by atoms with Gasteiger partial charge in [0, 0.05) is 37.1 Å². The van der Waals surface area contributed by atoms with Crippen molar-refractivity contribution in [3.05, 3.63) is 118 Å². The van der Waals surface area contributed by atoms with Crippen molar-refractivity contribution in [2.75, 3.05) is 0 Å². The van der Waals surface area contributed by atoms with Gasteiger partial charge in [-0.15, -0.1) is 0 Å². The Morgan fingerprint density at radius 2 is 0.122 bits per heavy atom. The zero-order valence-electron chi connectivity index (χ0n) is 19.0. The summed E-state index contributed by atoms with van der Waals surface area (Å²) in [6, 6.07) is 0. The van der Waals surface area contributed by atoms with E-state index in [1.807, 2.05) is 0 Å². The first-order chi connectivity index (χ1) is 18.0. The molecule has 2 radical (unpaired) electrons. The van der Waals surface area contributed by atoms with Crippen molar-refractivity contribution in [2.45, 2.75) is 0 Å². The van der Waals surface area contributed by atoms with Gasteiger partial charge in [0.15, 0.2) is 0 Å². The quantitative estimate of drug-likeness (QED) is 0.252. The monoisotopic (exact) mass is 738 g/mol. The molecule has 0 heterocycles. The molecule has 0 saturated heterocycles. The van der Waals surface area contributed by atoms with Crippen molar-refractivity contribution in [3.8, 4) is 0 Å². The van der Waals surface area contributed by atoms with Gasteiger partial charge in [0.25, 0.3) is 0 Å². The molecule has 0 unspecified atom stereocenters. The van der Waals surface area contributed by atoms with E-state index in [0.29, 0.717) is 0 Å². The third kappa shape index (κ3) is 802. The van der Waals surface area contributed by atoms with E-state index in [-0.39, 0.29) is 88.3 Å². The molecule has 202 valence electrons. The summed E-state index contributed by atoms with van der Waals surface area (Å²) in [5, 5.41) is 112. The van der Waals surface area contributed by atoms with E-state index in [1.165, 1.54) is 0 Å². The molecule has 0 aromatic heterocycles. The number of nitrogens with zero attached hydrogens (tertiary/aromatic N) is 18. The van der Waals surface area contributed by atoms with Gasteiger partial charge in [0.1, 0.15) is 0 Å². The fraction of sp³-hybridized carbons (Fsp3) is 0. The second-order valence-electron chi connectivity index (χ2n) is 0. The van der Waals surface area contributed by atoms with Gasteiger partial charge in [-0.25, -0.2) is 0 Å². The van der Waals surface area contributed by atoms with Gasteiger partial charge in [0.05, 0.1) is 0 Å². The molecule has 0 aliphatic carbocycles. The van der Waals surface area contributed by atoms with Crippen LogP contribution >= 0.6 is 0 Å². The van der Waals surface area contributed by atoms with Gasteiger partial charge in [-0.3, -0.25) is 0 Å². The van der Waals surface area contributed by atoms with E-state index in [4.69, 9.17) is 213 Å². The summed E-state index contributed by atoms with van der Waals surface area (Å²) < 4.78 is 0. The smallest absolute Gasteiger partial charge is 0.512 e. The van der Waals surface area contributed by atoms with E-state index in [2.05, 4.69) is 0 Å². The second kappa shape index (κ2) is 853. The Morgan fingerprint density at radius 1 is 0.122 bits per heavy atom. The zero-order valence-corrected chi connectivity index (χ0v) is 25.1. The van der Waals surface area contributed by atoms with Gasteiger partial charge in [-0.1, -0.05) is 0 Å². The minimum atomic E-state index is 0. The number of hydrogen-bond acceptors (Lipinski definition) is 18. The SMILES string of the molecule is [C-]#N.[C-]#N.[C-]#N.[C-]#N.[C-]#N.[C-]#N.[C-]#N.[C-]#N.[C-]#N.[C-]#N.[C-]#N.[C-]#N.[C-]#N.[C-]#N.[C-]#N.[C-]#N.[C-]#N.[C-]#N.[Fe+4].[Fe+4].[Fe+4].[V].[V]. The molecule has 0 amide bonds.